The highest BCUT2D eigenvalue weighted by Crippen LogP contribution is 2.28. The first-order chi connectivity index (χ1) is 10.6. The molecule has 1 aromatic rings. The zero-order chi connectivity index (χ0) is 15.5. The maximum absolute atomic E-state index is 11.7. The smallest absolute Gasteiger partial charge is 0.223 e. The molecule has 22 heavy (non-hydrogen) atoms. The highest BCUT2D eigenvalue weighted by molar-refractivity contribution is 5.92. The van der Waals surface area contributed by atoms with Gasteiger partial charge in [-0.1, -0.05) is 12.1 Å². The van der Waals surface area contributed by atoms with Crippen LogP contribution in [0, 0.1) is 0 Å². The van der Waals surface area contributed by atoms with E-state index in [0.29, 0.717) is 6.04 Å². The second kappa shape index (κ2) is 6.80. The van der Waals surface area contributed by atoms with Gasteiger partial charge in [-0.3, -0.25) is 9.69 Å². The molecule has 4 heteroatoms. The van der Waals surface area contributed by atoms with Crippen LogP contribution in [0.1, 0.15) is 31.4 Å². The standard InChI is InChI=1S/C18H27N3O/c1-14(20-10-7-19-8-11-20)12-16-5-6-18-17(13-16)4-3-9-21(18)15(2)22/h5-6,13-14,19H,3-4,7-12H2,1-2H3. The predicted octanol–water partition coefficient (Wildman–Crippen LogP) is 1.82. The van der Waals surface area contributed by atoms with Crippen LogP contribution in [0.4, 0.5) is 5.69 Å². The van der Waals surface area contributed by atoms with Crippen molar-refractivity contribution in [3.05, 3.63) is 29.3 Å². The van der Waals surface area contributed by atoms with E-state index in [1.54, 1.807) is 6.92 Å². The van der Waals surface area contributed by atoms with Gasteiger partial charge in [-0.15, -0.1) is 0 Å². The summed E-state index contributed by atoms with van der Waals surface area (Å²) >= 11 is 0. The van der Waals surface area contributed by atoms with Gasteiger partial charge in [0.1, 0.15) is 0 Å². The Balaban J connectivity index is 1.71. The van der Waals surface area contributed by atoms with Crippen LogP contribution < -0.4 is 10.2 Å². The molecule has 1 fully saturated rings. The highest BCUT2D eigenvalue weighted by Gasteiger charge is 2.21. The molecule has 2 heterocycles. The lowest BCUT2D eigenvalue weighted by Gasteiger charge is -2.33. The lowest BCUT2D eigenvalue weighted by Crippen LogP contribution is -2.48. The summed E-state index contributed by atoms with van der Waals surface area (Å²) in [5.41, 5.74) is 3.86. The zero-order valence-electron chi connectivity index (χ0n) is 13.8. The van der Waals surface area contributed by atoms with Gasteiger partial charge in [0.25, 0.3) is 0 Å². The van der Waals surface area contributed by atoms with Crippen molar-refractivity contribution in [2.75, 3.05) is 37.6 Å². The Labute approximate surface area is 133 Å². The number of hydrogen-bond acceptors (Lipinski definition) is 3. The Morgan fingerprint density at radius 2 is 2.05 bits per heavy atom. The van der Waals surface area contributed by atoms with E-state index >= 15 is 0 Å². The SMILES string of the molecule is CC(=O)N1CCCc2cc(CC(C)N3CCNCC3)ccc21. The summed E-state index contributed by atoms with van der Waals surface area (Å²) in [6, 6.07) is 7.25. The van der Waals surface area contributed by atoms with Crippen molar-refractivity contribution in [1.82, 2.24) is 10.2 Å². The second-order valence-corrected chi connectivity index (χ2v) is 6.58. The van der Waals surface area contributed by atoms with Gasteiger partial charge < -0.3 is 10.2 Å². The van der Waals surface area contributed by atoms with Crippen molar-refractivity contribution >= 4 is 11.6 Å². The molecule has 1 saturated heterocycles. The number of anilines is 1. The summed E-state index contributed by atoms with van der Waals surface area (Å²) < 4.78 is 0. The largest absolute Gasteiger partial charge is 0.314 e. The zero-order valence-corrected chi connectivity index (χ0v) is 13.8. The number of fused-ring (bicyclic) bond motifs is 1. The number of amides is 1. The number of rotatable bonds is 3. The quantitative estimate of drug-likeness (QED) is 0.925. The molecule has 0 radical (unpaired) electrons. The van der Waals surface area contributed by atoms with Crippen LogP contribution in [0.25, 0.3) is 0 Å². The van der Waals surface area contributed by atoms with Crippen LogP contribution in [-0.2, 0) is 17.6 Å². The van der Waals surface area contributed by atoms with E-state index in [4.69, 9.17) is 0 Å². The Morgan fingerprint density at radius 1 is 1.27 bits per heavy atom. The fraction of sp³-hybridized carbons (Fsp3) is 0.611. The molecule has 1 unspecified atom stereocenters. The monoisotopic (exact) mass is 301 g/mol. The lowest BCUT2D eigenvalue weighted by molar-refractivity contribution is -0.116. The number of nitrogens with zero attached hydrogens (tertiary/aromatic N) is 2. The molecule has 3 rings (SSSR count). The second-order valence-electron chi connectivity index (χ2n) is 6.58. The minimum atomic E-state index is 0.155. The third-order valence-electron chi connectivity index (χ3n) is 4.95. The molecule has 2 aliphatic heterocycles. The van der Waals surface area contributed by atoms with Crippen LogP contribution in [0.2, 0.25) is 0 Å². The van der Waals surface area contributed by atoms with Crippen molar-refractivity contribution in [3.8, 4) is 0 Å². The van der Waals surface area contributed by atoms with E-state index < -0.39 is 0 Å². The lowest BCUT2D eigenvalue weighted by atomic mass is 9.96. The first-order valence-corrected chi connectivity index (χ1v) is 8.50. The van der Waals surface area contributed by atoms with Crippen LogP contribution in [0.3, 0.4) is 0 Å². The Hall–Kier alpha value is -1.39. The fourth-order valence-corrected chi connectivity index (χ4v) is 3.70. The summed E-state index contributed by atoms with van der Waals surface area (Å²) in [6.45, 7) is 9.33. The first kappa shape index (κ1) is 15.5. The molecule has 1 amide bonds. The van der Waals surface area contributed by atoms with Crippen molar-refractivity contribution in [2.24, 2.45) is 0 Å². The molecule has 120 valence electrons. The van der Waals surface area contributed by atoms with Crippen LogP contribution >= 0.6 is 0 Å². The molecule has 0 aliphatic carbocycles. The minimum absolute atomic E-state index is 0.155. The number of nitrogens with one attached hydrogen (secondary N) is 1. The number of piperazine rings is 1. The van der Waals surface area contributed by atoms with Gasteiger partial charge in [0, 0.05) is 51.4 Å². The van der Waals surface area contributed by atoms with E-state index in [1.165, 1.54) is 11.1 Å². The molecule has 0 saturated carbocycles. The molecule has 1 aromatic carbocycles. The maximum Gasteiger partial charge on any atom is 0.223 e. The van der Waals surface area contributed by atoms with Gasteiger partial charge in [0.15, 0.2) is 0 Å². The third-order valence-corrected chi connectivity index (χ3v) is 4.95. The van der Waals surface area contributed by atoms with E-state index in [0.717, 1.165) is 57.7 Å². The van der Waals surface area contributed by atoms with Crippen molar-refractivity contribution in [2.45, 2.75) is 39.2 Å². The molecule has 1 atom stereocenters. The maximum atomic E-state index is 11.7. The van der Waals surface area contributed by atoms with Gasteiger partial charge in [0.05, 0.1) is 0 Å². The number of carbonyl (C=O) groups is 1. The average molecular weight is 301 g/mol. The van der Waals surface area contributed by atoms with E-state index in [1.807, 2.05) is 4.90 Å². The molecule has 2 aliphatic rings. The van der Waals surface area contributed by atoms with Crippen molar-refractivity contribution < 1.29 is 4.79 Å². The van der Waals surface area contributed by atoms with E-state index in [-0.39, 0.29) is 5.91 Å². The first-order valence-electron chi connectivity index (χ1n) is 8.50. The minimum Gasteiger partial charge on any atom is -0.314 e. The fourth-order valence-electron chi connectivity index (χ4n) is 3.70. The van der Waals surface area contributed by atoms with E-state index in [2.05, 4.69) is 35.3 Å². The number of aryl methyl sites for hydroxylation is 1. The third kappa shape index (κ3) is 3.33. The van der Waals surface area contributed by atoms with Gasteiger partial charge in [-0.05, 0) is 43.4 Å². The van der Waals surface area contributed by atoms with Gasteiger partial charge >= 0.3 is 0 Å². The predicted molar refractivity (Wildman–Crippen MR) is 90.4 cm³/mol. The Bertz CT molecular complexity index is 537. The van der Waals surface area contributed by atoms with Crippen LogP contribution in [0.5, 0.6) is 0 Å². The molecular formula is C18H27N3O. The van der Waals surface area contributed by atoms with Crippen molar-refractivity contribution in [3.63, 3.8) is 0 Å². The Kier molecular flexibility index (Phi) is 4.79. The Morgan fingerprint density at radius 3 is 2.77 bits per heavy atom. The van der Waals surface area contributed by atoms with Crippen molar-refractivity contribution in [1.29, 1.82) is 0 Å². The normalized spacial score (nSPS) is 20.5. The molecule has 0 bridgehead atoms. The van der Waals surface area contributed by atoms with Crippen LogP contribution in [-0.4, -0.2) is 49.6 Å². The number of benzene rings is 1. The van der Waals surface area contributed by atoms with Gasteiger partial charge in [-0.2, -0.15) is 0 Å². The highest BCUT2D eigenvalue weighted by atomic mass is 16.2. The number of carbonyl (C=O) groups excluding carboxylic acids is 1. The topological polar surface area (TPSA) is 35.6 Å². The number of hydrogen-bond donors (Lipinski definition) is 1. The molecule has 4 nitrogen and oxygen atoms in total. The average Bonchev–Trinajstić information content (AvgIpc) is 2.54. The molecule has 1 N–H and O–H groups in total. The summed E-state index contributed by atoms with van der Waals surface area (Å²) in [4.78, 5) is 16.2. The summed E-state index contributed by atoms with van der Waals surface area (Å²) in [5, 5.41) is 3.41. The molecule has 0 spiro atoms. The summed E-state index contributed by atoms with van der Waals surface area (Å²) in [5.74, 6) is 0.155. The summed E-state index contributed by atoms with van der Waals surface area (Å²) in [6.07, 6.45) is 3.26. The van der Waals surface area contributed by atoms with Crippen LogP contribution in [0.15, 0.2) is 18.2 Å². The molecular weight excluding hydrogens is 274 g/mol. The van der Waals surface area contributed by atoms with Gasteiger partial charge in [0.2, 0.25) is 5.91 Å². The van der Waals surface area contributed by atoms with E-state index in [9.17, 15) is 4.79 Å². The van der Waals surface area contributed by atoms with Gasteiger partial charge in [-0.25, -0.2) is 0 Å². The molecule has 0 aromatic heterocycles. The summed E-state index contributed by atoms with van der Waals surface area (Å²) in [7, 11) is 0.